The molecular formula is C15H21F3N2O3S2. The van der Waals surface area contributed by atoms with Gasteiger partial charge in [0.1, 0.15) is 0 Å². The molecule has 0 bridgehead atoms. The third kappa shape index (κ3) is 6.14. The lowest BCUT2D eigenvalue weighted by Gasteiger charge is -2.40. The lowest BCUT2D eigenvalue weighted by molar-refractivity contribution is -0.0328. The van der Waals surface area contributed by atoms with E-state index in [1.165, 1.54) is 12.1 Å². The molecule has 1 fully saturated rings. The van der Waals surface area contributed by atoms with Crippen LogP contribution in [0.2, 0.25) is 0 Å². The second-order valence-electron chi connectivity index (χ2n) is 6.26. The van der Waals surface area contributed by atoms with E-state index in [9.17, 15) is 21.6 Å². The summed E-state index contributed by atoms with van der Waals surface area (Å²) in [6, 6.07) is 4.66. The SMILES string of the molecule is CC(C)(CNS(=O)(=O)c1ccc(SC(F)(F)F)cc1)N1CCOCC1. The summed E-state index contributed by atoms with van der Waals surface area (Å²) >= 11 is -0.277. The highest BCUT2D eigenvalue weighted by Crippen LogP contribution is 2.36. The molecule has 1 heterocycles. The molecule has 0 unspecified atom stereocenters. The van der Waals surface area contributed by atoms with Crippen LogP contribution in [0.25, 0.3) is 0 Å². The van der Waals surface area contributed by atoms with E-state index in [0.29, 0.717) is 13.2 Å². The van der Waals surface area contributed by atoms with E-state index in [1.54, 1.807) is 0 Å². The van der Waals surface area contributed by atoms with Gasteiger partial charge in [0, 0.05) is 30.1 Å². The Balaban J connectivity index is 2.01. The van der Waals surface area contributed by atoms with Crippen molar-refractivity contribution in [2.75, 3.05) is 32.8 Å². The van der Waals surface area contributed by atoms with Crippen LogP contribution in [-0.4, -0.2) is 57.2 Å². The van der Waals surface area contributed by atoms with Crippen LogP contribution in [0.4, 0.5) is 13.2 Å². The van der Waals surface area contributed by atoms with Gasteiger partial charge in [-0.25, -0.2) is 13.1 Å². The molecule has 0 atom stereocenters. The molecule has 1 saturated heterocycles. The zero-order valence-corrected chi connectivity index (χ0v) is 15.6. The normalized spacial score (nSPS) is 17.6. The first-order valence-electron chi connectivity index (χ1n) is 7.68. The second-order valence-corrected chi connectivity index (χ2v) is 9.16. The van der Waals surface area contributed by atoms with E-state index in [4.69, 9.17) is 4.74 Å². The van der Waals surface area contributed by atoms with Crippen molar-refractivity contribution in [3.05, 3.63) is 24.3 Å². The molecule has 2 rings (SSSR count). The molecule has 0 aliphatic carbocycles. The predicted molar refractivity (Wildman–Crippen MR) is 90.0 cm³/mol. The Kier molecular flexibility index (Phi) is 6.42. The highest BCUT2D eigenvalue weighted by atomic mass is 32.2. The lowest BCUT2D eigenvalue weighted by atomic mass is 10.0. The molecule has 10 heteroatoms. The lowest BCUT2D eigenvalue weighted by Crippen LogP contribution is -2.55. The Bertz CT molecular complexity index is 670. The maximum absolute atomic E-state index is 12.4. The van der Waals surface area contributed by atoms with Gasteiger partial charge in [-0.05, 0) is 49.9 Å². The van der Waals surface area contributed by atoms with Crippen molar-refractivity contribution in [1.82, 2.24) is 9.62 Å². The Morgan fingerprint density at radius 2 is 1.72 bits per heavy atom. The number of morpholine rings is 1. The topological polar surface area (TPSA) is 58.6 Å². The highest BCUT2D eigenvalue weighted by Gasteiger charge is 2.31. The van der Waals surface area contributed by atoms with Crippen LogP contribution in [0.3, 0.4) is 0 Å². The maximum Gasteiger partial charge on any atom is 0.446 e. The fraction of sp³-hybridized carbons (Fsp3) is 0.600. The van der Waals surface area contributed by atoms with Crippen molar-refractivity contribution in [1.29, 1.82) is 0 Å². The minimum absolute atomic E-state index is 0.0555. The zero-order chi connectivity index (χ0) is 18.7. The predicted octanol–water partition coefficient (Wildman–Crippen LogP) is 2.69. The van der Waals surface area contributed by atoms with Gasteiger partial charge in [0.15, 0.2) is 0 Å². The summed E-state index contributed by atoms with van der Waals surface area (Å²) in [4.78, 5) is 2.03. The van der Waals surface area contributed by atoms with Crippen LogP contribution in [0.15, 0.2) is 34.1 Å². The van der Waals surface area contributed by atoms with Gasteiger partial charge in [-0.2, -0.15) is 13.2 Å². The van der Waals surface area contributed by atoms with Crippen molar-refractivity contribution in [3.8, 4) is 0 Å². The number of rotatable bonds is 6. The van der Waals surface area contributed by atoms with Crippen LogP contribution >= 0.6 is 11.8 Å². The molecule has 0 spiro atoms. The first-order valence-corrected chi connectivity index (χ1v) is 9.98. The molecule has 25 heavy (non-hydrogen) atoms. The molecule has 1 aromatic rings. The first kappa shape index (κ1) is 20.5. The van der Waals surface area contributed by atoms with Gasteiger partial charge in [-0.15, -0.1) is 0 Å². The maximum atomic E-state index is 12.4. The average molecular weight is 398 g/mol. The minimum atomic E-state index is -4.40. The fourth-order valence-electron chi connectivity index (χ4n) is 2.46. The summed E-state index contributed by atoms with van der Waals surface area (Å²) in [5, 5.41) is 0. The highest BCUT2D eigenvalue weighted by molar-refractivity contribution is 8.00. The van der Waals surface area contributed by atoms with E-state index >= 15 is 0 Å². The van der Waals surface area contributed by atoms with Crippen LogP contribution in [0.5, 0.6) is 0 Å². The summed E-state index contributed by atoms with van der Waals surface area (Å²) in [6.45, 7) is 6.71. The minimum Gasteiger partial charge on any atom is -0.379 e. The Morgan fingerprint density at radius 3 is 2.24 bits per heavy atom. The average Bonchev–Trinajstić information content (AvgIpc) is 2.53. The number of alkyl halides is 3. The van der Waals surface area contributed by atoms with E-state index in [1.807, 2.05) is 13.8 Å². The Hall–Kier alpha value is -0.810. The molecule has 1 aliphatic heterocycles. The quantitative estimate of drug-likeness (QED) is 0.747. The number of hydrogen-bond acceptors (Lipinski definition) is 5. The summed E-state index contributed by atoms with van der Waals surface area (Å²) in [6.07, 6.45) is 0. The number of nitrogens with zero attached hydrogens (tertiary/aromatic N) is 1. The third-order valence-electron chi connectivity index (χ3n) is 3.93. The standard InChI is InChI=1S/C15H21F3N2O3S2/c1-14(2,20-7-9-23-10-8-20)11-19-25(21,22)13-5-3-12(4-6-13)24-15(16,17)18/h3-6,19H,7-11H2,1-2H3. The molecule has 0 amide bonds. The largest absolute Gasteiger partial charge is 0.446 e. The van der Waals surface area contributed by atoms with Crippen LogP contribution in [-0.2, 0) is 14.8 Å². The van der Waals surface area contributed by atoms with E-state index < -0.39 is 21.1 Å². The molecule has 5 nitrogen and oxygen atoms in total. The van der Waals surface area contributed by atoms with Crippen LogP contribution < -0.4 is 4.72 Å². The molecule has 1 aliphatic rings. The van der Waals surface area contributed by atoms with Crippen molar-refractivity contribution >= 4 is 21.8 Å². The summed E-state index contributed by atoms with van der Waals surface area (Å²) < 4.78 is 69.6. The number of sulfonamides is 1. The Labute approximate surface area is 150 Å². The summed E-state index contributed by atoms with van der Waals surface area (Å²) in [7, 11) is -3.79. The van der Waals surface area contributed by atoms with E-state index in [-0.39, 0.29) is 28.1 Å². The van der Waals surface area contributed by atoms with Gasteiger partial charge >= 0.3 is 5.51 Å². The number of halogens is 3. The molecule has 0 saturated carbocycles. The Morgan fingerprint density at radius 1 is 1.16 bits per heavy atom. The van der Waals surface area contributed by atoms with Crippen molar-refractivity contribution < 1.29 is 26.3 Å². The number of hydrogen-bond donors (Lipinski definition) is 1. The smallest absolute Gasteiger partial charge is 0.379 e. The van der Waals surface area contributed by atoms with Gasteiger partial charge < -0.3 is 4.74 Å². The summed E-state index contributed by atoms with van der Waals surface area (Å²) in [5.41, 5.74) is -4.80. The van der Waals surface area contributed by atoms with Crippen LogP contribution in [0.1, 0.15) is 13.8 Å². The monoisotopic (exact) mass is 398 g/mol. The molecule has 142 valence electrons. The van der Waals surface area contributed by atoms with Gasteiger partial charge in [-0.3, -0.25) is 4.90 Å². The van der Waals surface area contributed by atoms with Gasteiger partial charge in [0.25, 0.3) is 0 Å². The molecule has 1 N–H and O–H groups in total. The van der Waals surface area contributed by atoms with Crippen molar-refractivity contribution in [2.24, 2.45) is 0 Å². The fourth-order valence-corrected chi connectivity index (χ4v) is 4.20. The van der Waals surface area contributed by atoms with E-state index in [2.05, 4.69) is 9.62 Å². The van der Waals surface area contributed by atoms with Crippen molar-refractivity contribution in [3.63, 3.8) is 0 Å². The molecule has 1 aromatic carbocycles. The summed E-state index contributed by atoms with van der Waals surface area (Å²) in [5.74, 6) is 0. The number of nitrogens with one attached hydrogen (secondary N) is 1. The van der Waals surface area contributed by atoms with Gasteiger partial charge in [0.05, 0.1) is 18.1 Å². The van der Waals surface area contributed by atoms with Crippen LogP contribution in [0, 0.1) is 0 Å². The third-order valence-corrected chi connectivity index (χ3v) is 6.09. The molecule has 0 aromatic heterocycles. The van der Waals surface area contributed by atoms with Crippen molar-refractivity contribution in [2.45, 2.75) is 34.7 Å². The molecule has 0 radical (unpaired) electrons. The van der Waals surface area contributed by atoms with Gasteiger partial charge in [-0.1, -0.05) is 0 Å². The van der Waals surface area contributed by atoms with E-state index in [0.717, 1.165) is 25.2 Å². The second kappa shape index (κ2) is 7.83. The first-order chi connectivity index (χ1) is 11.5. The molecular weight excluding hydrogens is 377 g/mol. The zero-order valence-electron chi connectivity index (χ0n) is 14.0. The number of ether oxygens (including phenoxy) is 1. The van der Waals surface area contributed by atoms with Gasteiger partial charge in [0.2, 0.25) is 10.0 Å². The number of thioether (sulfide) groups is 1. The number of benzene rings is 1.